The summed E-state index contributed by atoms with van der Waals surface area (Å²) in [6, 6.07) is 15.5. The first kappa shape index (κ1) is 11.8. The first-order valence-electron chi connectivity index (χ1n) is 6.16. The second kappa shape index (κ2) is 4.78. The fourth-order valence-electron chi connectivity index (χ4n) is 2.37. The lowest BCUT2D eigenvalue weighted by atomic mass is 9.97. The Morgan fingerprint density at radius 2 is 1.79 bits per heavy atom. The summed E-state index contributed by atoms with van der Waals surface area (Å²) in [6.45, 7) is 0. The normalized spacial score (nSPS) is 12.5. The monoisotopic (exact) mass is 253 g/mol. The highest BCUT2D eigenvalue weighted by Crippen LogP contribution is 2.33. The maximum absolute atomic E-state index is 6.28. The minimum atomic E-state index is -0.272. The van der Waals surface area contributed by atoms with Crippen LogP contribution in [0.25, 0.3) is 10.8 Å². The Labute approximate surface area is 111 Å². The SMILES string of the molecule is COc1ccc(C(N)c2ccco2)c2ccccc12. The third kappa shape index (κ3) is 1.98. The van der Waals surface area contributed by atoms with Gasteiger partial charge in [0, 0.05) is 5.39 Å². The second-order valence-corrected chi connectivity index (χ2v) is 4.40. The lowest BCUT2D eigenvalue weighted by molar-refractivity contribution is 0.419. The van der Waals surface area contributed by atoms with Crippen molar-refractivity contribution in [1.29, 1.82) is 0 Å². The average molecular weight is 253 g/mol. The molecule has 0 fully saturated rings. The molecule has 3 rings (SSSR count). The van der Waals surface area contributed by atoms with Gasteiger partial charge < -0.3 is 14.9 Å². The van der Waals surface area contributed by atoms with Gasteiger partial charge in [0.1, 0.15) is 11.5 Å². The van der Waals surface area contributed by atoms with E-state index in [9.17, 15) is 0 Å². The summed E-state index contributed by atoms with van der Waals surface area (Å²) in [6.07, 6.45) is 1.64. The first-order valence-corrected chi connectivity index (χ1v) is 6.16. The Hall–Kier alpha value is -2.26. The Morgan fingerprint density at radius 3 is 2.47 bits per heavy atom. The molecule has 0 aliphatic rings. The van der Waals surface area contributed by atoms with Crippen LogP contribution in [0.5, 0.6) is 5.75 Å². The fourth-order valence-corrected chi connectivity index (χ4v) is 2.37. The Morgan fingerprint density at radius 1 is 1.00 bits per heavy atom. The molecule has 0 aliphatic carbocycles. The minimum Gasteiger partial charge on any atom is -0.496 e. The van der Waals surface area contributed by atoms with Crippen LogP contribution >= 0.6 is 0 Å². The van der Waals surface area contributed by atoms with Gasteiger partial charge in [-0.3, -0.25) is 0 Å². The van der Waals surface area contributed by atoms with Crippen molar-refractivity contribution in [3.05, 3.63) is 66.1 Å². The first-order chi connectivity index (χ1) is 9.31. The molecule has 2 N–H and O–H groups in total. The van der Waals surface area contributed by atoms with Crippen molar-refractivity contribution in [3.63, 3.8) is 0 Å². The van der Waals surface area contributed by atoms with Crippen molar-refractivity contribution in [2.24, 2.45) is 5.73 Å². The topological polar surface area (TPSA) is 48.4 Å². The fraction of sp³-hybridized carbons (Fsp3) is 0.125. The molecule has 0 spiro atoms. The van der Waals surface area contributed by atoms with Crippen LogP contribution in [-0.2, 0) is 0 Å². The molecule has 19 heavy (non-hydrogen) atoms. The van der Waals surface area contributed by atoms with E-state index < -0.39 is 0 Å². The van der Waals surface area contributed by atoms with E-state index in [-0.39, 0.29) is 6.04 Å². The number of methoxy groups -OCH3 is 1. The molecule has 3 heteroatoms. The largest absolute Gasteiger partial charge is 0.496 e. The van der Waals surface area contributed by atoms with Crippen LogP contribution in [-0.4, -0.2) is 7.11 Å². The molecular weight excluding hydrogens is 238 g/mol. The van der Waals surface area contributed by atoms with Crippen LogP contribution < -0.4 is 10.5 Å². The zero-order valence-corrected chi connectivity index (χ0v) is 10.7. The molecule has 0 radical (unpaired) electrons. The highest BCUT2D eigenvalue weighted by atomic mass is 16.5. The molecular formula is C16H15NO2. The van der Waals surface area contributed by atoms with E-state index >= 15 is 0 Å². The zero-order chi connectivity index (χ0) is 13.2. The summed E-state index contributed by atoms with van der Waals surface area (Å²) in [5.74, 6) is 1.61. The summed E-state index contributed by atoms with van der Waals surface area (Å²) in [7, 11) is 1.67. The Bertz CT molecular complexity index is 689. The number of nitrogens with two attached hydrogens (primary N) is 1. The van der Waals surface area contributed by atoms with Gasteiger partial charge in [-0.25, -0.2) is 0 Å². The van der Waals surface area contributed by atoms with Crippen LogP contribution in [0.4, 0.5) is 0 Å². The van der Waals surface area contributed by atoms with Crippen molar-refractivity contribution >= 4 is 10.8 Å². The van der Waals surface area contributed by atoms with Gasteiger partial charge in [0.05, 0.1) is 19.4 Å². The third-order valence-electron chi connectivity index (χ3n) is 3.32. The molecule has 1 aromatic heterocycles. The number of hydrogen-bond donors (Lipinski definition) is 1. The molecule has 3 nitrogen and oxygen atoms in total. The van der Waals surface area contributed by atoms with Crippen molar-refractivity contribution in [2.75, 3.05) is 7.11 Å². The van der Waals surface area contributed by atoms with Crippen LogP contribution in [0.2, 0.25) is 0 Å². The van der Waals surface area contributed by atoms with Crippen LogP contribution in [0, 0.1) is 0 Å². The van der Waals surface area contributed by atoms with Gasteiger partial charge in [-0.15, -0.1) is 0 Å². The molecule has 0 saturated carbocycles. The number of hydrogen-bond acceptors (Lipinski definition) is 3. The number of rotatable bonds is 3. The quantitative estimate of drug-likeness (QED) is 0.777. The van der Waals surface area contributed by atoms with E-state index in [1.54, 1.807) is 13.4 Å². The molecule has 0 saturated heterocycles. The highest BCUT2D eigenvalue weighted by Gasteiger charge is 2.15. The summed E-state index contributed by atoms with van der Waals surface area (Å²) in [4.78, 5) is 0. The lowest BCUT2D eigenvalue weighted by Gasteiger charge is -2.14. The standard InChI is InChI=1S/C16H15NO2/c1-18-14-9-8-13(11-5-2-3-6-12(11)14)16(17)15-7-4-10-19-15/h2-10,16H,17H2,1H3. The number of fused-ring (bicyclic) bond motifs is 1. The number of ether oxygens (including phenoxy) is 1. The second-order valence-electron chi connectivity index (χ2n) is 4.40. The predicted octanol–water partition coefficient (Wildman–Crippen LogP) is 3.49. The summed E-state index contributed by atoms with van der Waals surface area (Å²) in [5, 5.41) is 2.15. The zero-order valence-electron chi connectivity index (χ0n) is 10.7. The van der Waals surface area contributed by atoms with E-state index in [0.29, 0.717) is 0 Å². The molecule has 96 valence electrons. The molecule has 0 amide bonds. The molecule has 0 bridgehead atoms. The molecule has 1 heterocycles. The van der Waals surface area contributed by atoms with Crippen molar-refractivity contribution in [2.45, 2.75) is 6.04 Å². The van der Waals surface area contributed by atoms with E-state index in [4.69, 9.17) is 14.9 Å². The molecule has 0 aliphatic heterocycles. The summed E-state index contributed by atoms with van der Waals surface area (Å²) < 4.78 is 10.8. The van der Waals surface area contributed by atoms with Gasteiger partial charge in [-0.05, 0) is 29.1 Å². The van der Waals surface area contributed by atoms with Crippen LogP contribution in [0.1, 0.15) is 17.4 Å². The lowest BCUT2D eigenvalue weighted by Crippen LogP contribution is -2.11. The minimum absolute atomic E-state index is 0.272. The van der Waals surface area contributed by atoms with Gasteiger partial charge >= 0.3 is 0 Å². The van der Waals surface area contributed by atoms with Gasteiger partial charge in [-0.2, -0.15) is 0 Å². The van der Waals surface area contributed by atoms with Gasteiger partial charge in [0.15, 0.2) is 0 Å². The molecule has 2 aromatic carbocycles. The third-order valence-corrected chi connectivity index (χ3v) is 3.32. The van der Waals surface area contributed by atoms with E-state index in [2.05, 4.69) is 6.07 Å². The number of furan rings is 1. The highest BCUT2D eigenvalue weighted by molar-refractivity contribution is 5.91. The Kier molecular flexibility index (Phi) is 2.97. The summed E-state index contributed by atoms with van der Waals surface area (Å²) in [5.41, 5.74) is 7.32. The van der Waals surface area contributed by atoms with Gasteiger partial charge in [0.25, 0.3) is 0 Å². The number of benzene rings is 2. The van der Waals surface area contributed by atoms with E-state index in [1.165, 1.54) is 0 Å². The predicted molar refractivity (Wildman–Crippen MR) is 75.2 cm³/mol. The van der Waals surface area contributed by atoms with Crippen molar-refractivity contribution in [1.82, 2.24) is 0 Å². The Balaban J connectivity index is 2.20. The van der Waals surface area contributed by atoms with Gasteiger partial charge in [-0.1, -0.05) is 30.3 Å². The van der Waals surface area contributed by atoms with Crippen molar-refractivity contribution in [3.8, 4) is 5.75 Å². The van der Waals surface area contributed by atoms with E-state index in [1.807, 2.05) is 42.5 Å². The average Bonchev–Trinajstić information content (AvgIpc) is 2.99. The van der Waals surface area contributed by atoms with Crippen LogP contribution in [0.15, 0.2) is 59.2 Å². The smallest absolute Gasteiger partial charge is 0.126 e. The van der Waals surface area contributed by atoms with E-state index in [0.717, 1.165) is 27.8 Å². The maximum Gasteiger partial charge on any atom is 0.126 e. The molecule has 3 aromatic rings. The summed E-state index contributed by atoms with van der Waals surface area (Å²) >= 11 is 0. The molecule has 1 unspecified atom stereocenters. The van der Waals surface area contributed by atoms with Gasteiger partial charge in [0.2, 0.25) is 0 Å². The van der Waals surface area contributed by atoms with Crippen molar-refractivity contribution < 1.29 is 9.15 Å². The maximum atomic E-state index is 6.28. The van der Waals surface area contributed by atoms with Crippen LogP contribution in [0.3, 0.4) is 0 Å². The molecule has 1 atom stereocenters.